The third kappa shape index (κ3) is 5.16. The molecule has 0 aliphatic carbocycles. The lowest BCUT2D eigenvalue weighted by atomic mass is 9.99. The van der Waals surface area contributed by atoms with Crippen molar-refractivity contribution in [3.63, 3.8) is 0 Å². The lowest BCUT2D eigenvalue weighted by molar-refractivity contribution is -0.278. The number of phenols is 1. The molecule has 12 heteroatoms. The van der Waals surface area contributed by atoms with Gasteiger partial charge in [-0.05, 0) is 5.56 Å². The normalized spacial score (nSPS) is 23.8. The van der Waals surface area contributed by atoms with Crippen LogP contribution in [-0.4, -0.2) is 74.8 Å². The molecule has 1 aliphatic heterocycles. The second kappa shape index (κ2) is 10.3. The molecule has 0 spiro atoms. The number of esters is 1. The molecule has 5 N–H and O–H groups in total. The molecule has 12 nitrogen and oxygen atoms in total. The van der Waals surface area contributed by atoms with Crippen LogP contribution in [0.4, 0.5) is 0 Å². The van der Waals surface area contributed by atoms with Gasteiger partial charge in [0.2, 0.25) is 11.7 Å². The number of aliphatic hydroxyl groups excluding tert-OH is 3. The van der Waals surface area contributed by atoms with E-state index in [9.17, 15) is 34.8 Å². The van der Waals surface area contributed by atoms with Crippen LogP contribution < -0.4 is 10.2 Å². The summed E-state index contributed by atoms with van der Waals surface area (Å²) in [6, 6.07) is 11.1. The van der Waals surface area contributed by atoms with Gasteiger partial charge in [-0.2, -0.15) is 0 Å². The first-order valence-electron chi connectivity index (χ1n) is 10.7. The molecule has 1 fully saturated rings. The van der Waals surface area contributed by atoms with Crippen LogP contribution in [0, 0.1) is 0 Å². The van der Waals surface area contributed by atoms with Crippen molar-refractivity contribution in [2.75, 3.05) is 6.61 Å². The maximum Gasteiger partial charge on any atom is 0.317 e. The number of rotatable bonds is 7. The molecule has 1 aromatic heterocycles. The summed E-state index contributed by atoms with van der Waals surface area (Å²) in [4.78, 5) is 35.0. The Labute approximate surface area is 202 Å². The van der Waals surface area contributed by atoms with Crippen molar-refractivity contribution in [2.45, 2.75) is 37.1 Å². The number of fused-ring (bicyclic) bond motifs is 1. The van der Waals surface area contributed by atoms with Gasteiger partial charge in [-0.25, -0.2) is 0 Å². The number of aromatic hydroxyl groups is 1. The van der Waals surface area contributed by atoms with Gasteiger partial charge in [0.25, 0.3) is 0 Å². The number of aliphatic hydroxyl groups is 3. The number of phenolic OH excluding ortho intramolecular Hbond substituents is 1. The summed E-state index contributed by atoms with van der Waals surface area (Å²) in [7, 11) is 0. The Balaban J connectivity index is 1.55. The molecule has 1 saturated heterocycles. The molecular weight excluding hydrogens is 480 g/mol. The van der Waals surface area contributed by atoms with E-state index in [2.05, 4.69) is 0 Å². The van der Waals surface area contributed by atoms with Crippen LogP contribution in [-0.2, 0) is 19.1 Å². The van der Waals surface area contributed by atoms with Gasteiger partial charge in [-0.3, -0.25) is 14.4 Å². The summed E-state index contributed by atoms with van der Waals surface area (Å²) in [5, 5.41) is 49.6. The minimum atomic E-state index is -1.77. The van der Waals surface area contributed by atoms with Crippen LogP contribution in [0.5, 0.6) is 11.5 Å². The predicted octanol–water partition coefficient (Wildman–Crippen LogP) is 0.370. The predicted molar refractivity (Wildman–Crippen MR) is 120 cm³/mol. The minimum Gasteiger partial charge on any atom is -0.507 e. The summed E-state index contributed by atoms with van der Waals surface area (Å²) >= 11 is 0. The molecule has 0 radical (unpaired) electrons. The molecule has 1 aliphatic rings. The Bertz CT molecular complexity index is 1320. The molecule has 190 valence electrons. The Morgan fingerprint density at radius 2 is 1.72 bits per heavy atom. The molecule has 0 amide bonds. The number of ether oxygens (including phenoxy) is 3. The lowest BCUT2D eigenvalue weighted by Crippen LogP contribution is -2.60. The van der Waals surface area contributed by atoms with Crippen LogP contribution in [0.2, 0.25) is 0 Å². The number of benzene rings is 2. The van der Waals surface area contributed by atoms with E-state index in [1.54, 1.807) is 30.3 Å². The highest BCUT2D eigenvalue weighted by Gasteiger charge is 2.45. The molecule has 0 bridgehead atoms. The summed E-state index contributed by atoms with van der Waals surface area (Å²) < 4.78 is 21.2. The van der Waals surface area contributed by atoms with Crippen LogP contribution in [0.3, 0.4) is 0 Å². The second-order valence-corrected chi connectivity index (χ2v) is 8.05. The van der Waals surface area contributed by atoms with Crippen molar-refractivity contribution in [2.24, 2.45) is 0 Å². The molecule has 2 aromatic carbocycles. The van der Waals surface area contributed by atoms with Gasteiger partial charge < -0.3 is 44.2 Å². The third-order valence-electron chi connectivity index (χ3n) is 5.54. The minimum absolute atomic E-state index is 0.0280. The van der Waals surface area contributed by atoms with E-state index in [0.717, 1.165) is 6.07 Å². The van der Waals surface area contributed by atoms with Crippen molar-refractivity contribution >= 4 is 22.9 Å². The van der Waals surface area contributed by atoms with E-state index in [1.165, 1.54) is 12.3 Å². The van der Waals surface area contributed by atoms with Gasteiger partial charge in [0.05, 0.1) is 5.56 Å². The molecule has 36 heavy (non-hydrogen) atoms. The number of carboxylic acid groups (broad SMARTS) is 1. The van der Waals surface area contributed by atoms with E-state index in [1.807, 2.05) is 0 Å². The van der Waals surface area contributed by atoms with E-state index in [-0.39, 0.29) is 22.3 Å². The topological polar surface area (TPSA) is 193 Å². The van der Waals surface area contributed by atoms with E-state index in [4.69, 9.17) is 23.7 Å². The zero-order valence-electron chi connectivity index (χ0n) is 18.5. The number of hydrogen-bond donors (Lipinski definition) is 5. The Morgan fingerprint density at radius 3 is 2.42 bits per heavy atom. The standard InChI is InChI=1S/C24H22O12/c25-14-6-12(7-15-19(14)20(29)13(9-33-15)11-4-2-1-3-5-11)35-24-23(32)22(31)21(30)16(36-24)10-34-18(28)8-17(26)27/h1-7,9,16,21-25,30-32H,8,10H2,(H,26,27)/t16-,21-,22+,23-,24-/m1/s1. The monoisotopic (exact) mass is 502 g/mol. The average molecular weight is 502 g/mol. The third-order valence-corrected chi connectivity index (χ3v) is 5.54. The zero-order chi connectivity index (χ0) is 26.0. The highest BCUT2D eigenvalue weighted by molar-refractivity contribution is 5.90. The number of aliphatic carboxylic acids is 1. The molecule has 5 atom stereocenters. The van der Waals surface area contributed by atoms with Crippen molar-refractivity contribution in [1.82, 2.24) is 0 Å². The average Bonchev–Trinajstić information content (AvgIpc) is 2.83. The van der Waals surface area contributed by atoms with Crippen LogP contribution >= 0.6 is 0 Å². The first-order valence-corrected chi connectivity index (χ1v) is 10.7. The first-order chi connectivity index (χ1) is 17.2. The molecule has 0 saturated carbocycles. The fraction of sp³-hybridized carbons (Fsp3) is 0.292. The number of carboxylic acids is 1. The maximum absolute atomic E-state index is 13.0. The molecule has 0 unspecified atom stereocenters. The number of carbonyl (C=O) groups is 2. The van der Waals surface area contributed by atoms with Crippen LogP contribution in [0.1, 0.15) is 6.42 Å². The highest BCUT2D eigenvalue weighted by Crippen LogP contribution is 2.32. The number of hydrogen-bond acceptors (Lipinski definition) is 11. The lowest BCUT2D eigenvalue weighted by Gasteiger charge is -2.39. The maximum atomic E-state index is 13.0. The molecule has 4 rings (SSSR count). The van der Waals surface area contributed by atoms with E-state index in [0.29, 0.717) is 5.56 Å². The van der Waals surface area contributed by atoms with E-state index < -0.39 is 66.9 Å². The smallest absolute Gasteiger partial charge is 0.317 e. The summed E-state index contributed by atoms with van der Waals surface area (Å²) in [6.07, 6.45) is -7.86. The van der Waals surface area contributed by atoms with Crippen molar-refractivity contribution in [1.29, 1.82) is 0 Å². The van der Waals surface area contributed by atoms with Crippen molar-refractivity contribution < 1.29 is 53.7 Å². The molecular formula is C24H22O12. The van der Waals surface area contributed by atoms with Crippen LogP contribution in [0.25, 0.3) is 22.1 Å². The van der Waals surface area contributed by atoms with Gasteiger partial charge in [0, 0.05) is 12.1 Å². The quantitative estimate of drug-likeness (QED) is 0.220. The Morgan fingerprint density at radius 1 is 1.00 bits per heavy atom. The SMILES string of the molecule is O=C(O)CC(=O)OC[C@H]1O[C@@H](Oc2cc(O)c3c(=O)c(-c4ccccc4)coc3c2)[C@H](O)[C@@H](O)[C@@H]1O. The summed E-state index contributed by atoms with van der Waals surface area (Å²) in [6.45, 7) is -0.628. The van der Waals surface area contributed by atoms with Gasteiger partial charge in [0.15, 0.2) is 0 Å². The molecule has 3 aromatic rings. The van der Waals surface area contributed by atoms with Crippen LogP contribution in [0.15, 0.2) is 57.9 Å². The fourth-order valence-electron chi connectivity index (χ4n) is 3.73. The fourth-order valence-corrected chi connectivity index (χ4v) is 3.73. The van der Waals surface area contributed by atoms with Crippen molar-refractivity contribution in [3.05, 3.63) is 59.0 Å². The molecule has 2 heterocycles. The largest absolute Gasteiger partial charge is 0.507 e. The van der Waals surface area contributed by atoms with Gasteiger partial charge in [0.1, 0.15) is 66.2 Å². The zero-order valence-corrected chi connectivity index (χ0v) is 18.5. The number of carbonyl (C=O) groups excluding carboxylic acids is 1. The summed E-state index contributed by atoms with van der Waals surface area (Å²) in [5.74, 6) is -3.09. The second-order valence-electron chi connectivity index (χ2n) is 8.05. The van der Waals surface area contributed by atoms with Gasteiger partial charge in [-0.15, -0.1) is 0 Å². The van der Waals surface area contributed by atoms with Gasteiger partial charge in [-0.1, -0.05) is 30.3 Å². The van der Waals surface area contributed by atoms with Gasteiger partial charge >= 0.3 is 11.9 Å². The van der Waals surface area contributed by atoms with Crippen molar-refractivity contribution in [3.8, 4) is 22.6 Å². The summed E-state index contributed by atoms with van der Waals surface area (Å²) in [5.41, 5.74) is 0.312. The van der Waals surface area contributed by atoms with E-state index >= 15 is 0 Å². The first kappa shape index (κ1) is 25.1. The highest BCUT2D eigenvalue weighted by atomic mass is 16.7. The Hall–Kier alpha value is -3.97. The Kier molecular flexibility index (Phi) is 7.22.